The third-order valence-electron chi connectivity index (χ3n) is 2.89. The molecule has 2 aromatic carbocycles. The molecule has 3 nitrogen and oxygen atoms in total. The average Bonchev–Trinajstić information content (AvgIpc) is 2.42. The highest BCUT2D eigenvalue weighted by Crippen LogP contribution is 2.25. The van der Waals surface area contributed by atoms with E-state index in [1.165, 1.54) is 16.3 Å². The molecule has 2 aromatic rings. The molecule has 0 spiro atoms. The van der Waals surface area contributed by atoms with E-state index in [2.05, 4.69) is 12.1 Å². The molecular formula is C15H18O3. The number of hydrogen-bond acceptors (Lipinski definition) is 3. The summed E-state index contributed by atoms with van der Waals surface area (Å²) in [5.74, 6) is 0.806. The summed E-state index contributed by atoms with van der Waals surface area (Å²) >= 11 is 0. The summed E-state index contributed by atoms with van der Waals surface area (Å²) in [4.78, 5) is 0. The number of fused-ring (bicyclic) bond motifs is 1. The smallest absolute Gasteiger partial charge is 0.188 e. The minimum Gasteiger partial charge on any atom is -0.468 e. The van der Waals surface area contributed by atoms with E-state index in [0.29, 0.717) is 0 Å². The summed E-state index contributed by atoms with van der Waals surface area (Å²) in [6.45, 7) is 0.473. The van der Waals surface area contributed by atoms with Gasteiger partial charge in [0, 0.05) is 13.7 Å². The second-order valence-electron chi connectivity index (χ2n) is 4.18. The first-order chi connectivity index (χ1) is 8.85. The van der Waals surface area contributed by atoms with Crippen LogP contribution in [-0.4, -0.2) is 25.6 Å². The minimum absolute atomic E-state index is 0.219. The van der Waals surface area contributed by atoms with Crippen LogP contribution in [0, 0.1) is 0 Å². The molecule has 0 unspecified atom stereocenters. The Kier molecular flexibility index (Phi) is 4.56. The fraction of sp³-hybridized carbons (Fsp3) is 0.333. The average molecular weight is 246 g/mol. The van der Waals surface area contributed by atoms with E-state index >= 15 is 0 Å². The Morgan fingerprint density at radius 3 is 2.83 bits per heavy atom. The predicted octanol–water partition coefficient (Wildman–Crippen LogP) is 2.75. The van der Waals surface area contributed by atoms with Crippen LogP contribution in [0.15, 0.2) is 36.4 Å². The number of aliphatic hydroxyl groups excluding tert-OH is 1. The van der Waals surface area contributed by atoms with Gasteiger partial charge in [-0.3, -0.25) is 0 Å². The molecule has 0 aliphatic carbocycles. The summed E-state index contributed by atoms with van der Waals surface area (Å²) in [7, 11) is 1.60. The molecule has 0 atom stereocenters. The second-order valence-corrected chi connectivity index (χ2v) is 4.18. The van der Waals surface area contributed by atoms with E-state index in [1.807, 2.05) is 24.3 Å². The van der Waals surface area contributed by atoms with Crippen molar-refractivity contribution in [3.05, 3.63) is 42.0 Å². The van der Waals surface area contributed by atoms with Crippen molar-refractivity contribution in [1.82, 2.24) is 0 Å². The Labute approximate surface area is 107 Å². The van der Waals surface area contributed by atoms with E-state index in [-0.39, 0.29) is 13.4 Å². The van der Waals surface area contributed by atoms with Gasteiger partial charge in [0.05, 0.1) is 0 Å². The lowest BCUT2D eigenvalue weighted by atomic mass is 10.0. The molecular weight excluding hydrogens is 228 g/mol. The van der Waals surface area contributed by atoms with Gasteiger partial charge >= 0.3 is 0 Å². The molecule has 0 bridgehead atoms. The lowest BCUT2D eigenvalue weighted by Gasteiger charge is -2.09. The molecule has 0 aliphatic heterocycles. The fourth-order valence-corrected chi connectivity index (χ4v) is 2.02. The van der Waals surface area contributed by atoms with Gasteiger partial charge in [-0.25, -0.2) is 0 Å². The fourth-order valence-electron chi connectivity index (χ4n) is 2.02. The number of ether oxygens (including phenoxy) is 2. The molecule has 0 heterocycles. The van der Waals surface area contributed by atoms with Crippen LogP contribution < -0.4 is 4.74 Å². The zero-order chi connectivity index (χ0) is 12.8. The van der Waals surface area contributed by atoms with Crippen LogP contribution in [0.3, 0.4) is 0 Å². The van der Waals surface area contributed by atoms with Crippen molar-refractivity contribution in [1.29, 1.82) is 0 Å². The number of aryl methyl sites for hydroxylation is 1. The van der Waals surface area contributed by atoms with Crippen molar-refractivity contribution in [2.24, 2.45) is 0 Å². The molecule has 0 saturated heterocycles. The van der Waals surface area contributed by atoms with Gasteiger partial charge in [0.15, 0.2) is 6.79 Å². The van der Waals surface area contributed by atoms with E-state index in [9.17, 15) is 0 Å². The van der Waals surface area contributed by atoms with Crippen molar-refractivity contribution in [2.45, 2.75) is 12.8 Å². The monoisotopic (exact) mass is 246 g/mol. The van der Waals surface area contributed by atoms with E-state index in [0.717, 1.165) is 18.6 Å². The van der Waals surface area contributed by atoms with Crippen LogP contribution in [0.2, 0.25) is 0 Å². The number of aliphatic hydroxyl groups is 1. The normalized spacial score (nSPS) is 10.8. The number of rotatable bonds is 6. The summed E-state index contributed by atoms with van der Waals surface area (Å²) in [5, 5.41) is 11.3. The van der Waals surface area contributed by atoms with Gasteiger partial charge in [-0.05, 0) is 41.3 Å². The molecule has 0 aliphatic rings. The van der Waals surface area contributed by atoms with Crippen molar-refractivity contribution in [2.75, 3.05) is 20.5 Å². The van der Waals surface area contributed by atoms with E-state index in [1.54, 1.807) is 7.11 Å². The van der Waals surface area contributed by atoms with Crippen LogP contribution in [0.1, 0.15) is 12.0 Å². The molecule has 0 saturated carbocycles. The topological polar surface area (TPSA) is 38.7 Å². The molecule has 0 radical (unpaired) electrons. The minimum atomic E-state index is 0.219. The number of benzene rings is 2. The maximum atomic E-state index is 8.93. The summed E-state index contributed by atoms with van der Waals surface area (Å²) in [6.07, 6.45) is 1.66. The Bertz CT molecular complexity index is 508. The van der Waals surface area contributed by atoms with Gasteiger partial charge in [-0.2, -0.15) is 0 Å². The Balaban J connectivity index is 2.32. The van der Waals surface area contributed by atoms with Crippen molar-refractivity contribution in [3.63, 3.8) is 0 Å². The lowest BCUT2D eigenvalue weighted by molar-refractivity contribution is 0.0512. The molecule has 0 aromatic heterocycles. The number of methoxy groups -OCH3 is 1. The van der Waals surface area contributed by atoms with Crippen LogP contribution in [0.5, 0.6) is 5.75 Å². The van der Waals surface area contributed by atoms with Gasteiger partial charge < -0.3 is 14.6 Å². The van der Waals surface area contributed by atoms with Gasteiger partial charge in [0.1, 0.15) is 5.75 Å². The second kappa shape index (κ2) is 6.38. The van der Waals surface area contributed by atoms with E-state index < -0.39 is 0 Å². The zero-order valence-corrected chi connectivity index (χ0v) is 10.6. The molecule has 0 fully saturated rings. The van der Waals surface area contributed by atoms with Gasteiger partial charge in [0.25, 0.3) is 0 Å². The largest absolute Gasteiger partial charge is 0.468 e. The van der Waals surface area contributed by atoms with Crippen molar-refractivity contribution >= 4 is 10.8 Å². The van der Waals surface area contributed by atoms with Crippen LogP contribution in [-0.2, 0) is 11.2 Å². The quantitative estimate of drug-likeness (QED) is 0.796. The predicted molar refractivity (Wildman–Crippen MR) is 71.9 cm³/mol. The zero-order valence-electron chi connectivity index (χ0n) is 10.6. The maximum Gasteiger partial charge on any atom is 0.188 e. The summed E-state index contributed by atoms with van der Waals surface area (Å²) < 4.78 is 10.3. The molecule has 1 N–H and O–H groups in total. The molecule has 3 heteroatoms. The van der Waals surface area contributed by atoms with Crippen molar-refractivity contribution < 1.29 is 14.6 Å². The first-order valence-electron chi connectivity index (χ1n) is 6.09. The highest BCUT2D eigenvalue weighted by molar-refractivity contribution is 5.87. The molecule has 96 valence electrons. The molecule has 18 heavy (non-hydrogen) atoms. The number of hydrogen-bond donors (Lipinski definition) is 1. The first kappa shape index (κ1) is 12.9. The SMILES string of the molecule is COCOc1ccc2cccc(CCCO)c2c1. The van der Waals surface area contributed by atoms with Gasteiger partial charge in [-0.15, -0.1) is 0 Å². The third kappa shape index (κ3) is 3.00. The lowest BCUT2D eigenvalue weighted by Crippen LogP contribution is -1.99. The maximum absolute atomic E-state index is 8.93. The Morgan fingerprint density at radius 1 is 1.17 bits per heavy atom. The highest BCUT2D eigenvalue weighted by atomic mass is 16.7. The van der Waals surface area contributed by atoms with Crippen LogP contribution in [0.4, 0.5) is 0 Å². The van der Waals surface area contributed by atoms with Crippen LogP contribution in [0.25, 0.3) is 10.8 Å². The van der Waals surface area contributed by atoms with Gasteiger partial charge in [-0.1, -0.05) is 24.3 Å². The Morgan fingerprint density at radius 2 is 2.06 bits per heavy atom. The standard InChI is InChI=1S/C15H18O3/c1-17-11-18-14-8-7-13-5-2-4-12(6-3-9-16)15(13)10-14/h2,4-5,7-8,10,16H,3,6,9,11H2,1H3. The third-order valence-corrected chi connectivity index (χ3v) is 2.89. The van der Waals surface area contributed by atoms with Crippen molar-refractivity contribution in [3.8, 4) is 5.75 Å². The van der Waals surface area contributed by atoms with E-state index in [4.69, 9.17) is 14.6 Å². The van der Waals surface area contributed by atoms with Gasteiger partial charge in [0.2, 0.25) is 0 Å². The molecule has 2 rings (SSSR count). The highest BCUT2D eigenvalue weighted by Gasteiger charge is 2.03. The first-order valence-corrected chi connectivity index (χ1v) is 6.09. The Hall–Kier alpha value is -1.58. The summed E-state index contributed by atoms with van der Waals surface area (Å²) in [5.41, 5.74) is 1.24. The molecule has 0 amide bonds. The van der Waals surface area contributed by atoms with Crippen LogP contribution >= 0.6 is 0 Å². The summed E-state index contributed by atoms with van der Waals surface area (Å²) in [6, 6.07) is 12.2.